The van der Waals surface area contributed by atoms with E-state index in [9.17, 15) is 18.0 Å². The summed E-state index contributed by atoms with van der Waals surface area (Å²) >= 11 is 1.73. The van der Waals surface area contributed by atoms with Gasteiger partial charge in [0.25, 0.3) is 0 Å². The summed E-state index contributed by atoms with van der Waals surface area (Å²) in [4.78, 5) is 29.7. The van der Waals surface area contributed by atoms with Gasteiger partial charge in [-0.1, -0.05) is 6.07 Å². The highest BCUT2D eigenvalue weighted by Gasteiger charge is 2.38. The molecular formula is C21H27F3N4O3S. The lowest BCUT2D eigenvalue weighted by Crippen LogP contribution is -2.38. The van der Waals surface area contributed by atoms with E-state index in [0.29, 0.717) is 19.0 Å². The van der Waals surface area contributed by atoms with E-state index in [2.05, 4.69) is 39.4 Å². The summed E-state index contributed by atoms with van der Waals surface area (Å²) in [6, 6.07) is 4.50. The number of carboxylic acids is 1. The number of aromatic nitrogens is 2. The molecule has 1 aliphatic carbocycles. The number of imidazole rings is 1. The van der Waals surface area contributed by atoms with Crippen LogP contribution in [0.15, 0.2) is 23.7 Å². The number of thiophene rings is 1. The molecule has 1 fully saturated rings. The molecule has 2 aromatic heterocycles. The Bertz CT molecular complexity index is 910. The number of carboxylic acid groups (broad SMARTS) is 1. The Balaban J connectivity index is 0.000000360. The Hall–Kier alpha value is -2.40. The zero-order chi connectivity index (χ0) is 23.3. The van der Waals surface area contributed by atoms with Crippen molar-refractivity contribution < 1.29 is 27.9 Å². The molecule has 4 rings (SSSR count). The Kier molecular flexibility index (Phi) is 7.94. The number of rotatable bonds is 7. The van der Waals surface area contributed by atoms with Gasteiger partial charge in [-0.15, -0.1) is 11.3 Å². The van der Waals surface area contributed by atoms with Crippen molar-refractivity contribution in [2.45, 2.75) is 51.4 Å². The molecule has 1 saturated carbocycles. The van der Waals surface area contributed by atoms with Crippen molar-refractivity contribution in [2.24, 2.45) is 5.92 Å². The second kappa shape index (κ2) is 10.5. The summed E-state index contributed by atoms with van der Waals surface area (Å²) in [7, 11) is 0. The number of nitrogens with one attached hydrogen (secondary N) is 1. The van der Waals surface area contributed by atoms with E-state index < -0.39 is 12.1 Å². The minimum atomic E-state index is -5.08. The lowest BCUT2D eigenvalue weighted by molar-refractivity contribution is -0.192. The number of hydrogen-bond donors (Lipinski definition) is 2. The Morgan fingerprint density at radius 1 is 1.31 bits per heavy atom. The average molecular weight is 473 g/mol. The topological polar surface area (TPSA) is 87.5 Å². The molecule has 0 aromatic carbocycles. The van der Waals surface area contributed by atoms with Crippen molar-refractivity contribution in [1.29, 1.82) is 0 Å². The van der Waals surface area contributed by atoms with Crippen molar-refractivity contribution in [1.82, 2.24) is 19.8 Å². The fourth-order valence-electron chi connectivity index (χ4n) is 3.57. The lowest BCUT2D eigenvalue weighted by Gasteiger charge is -2.33. The Labute approximate surface area is 188 Å². The zero-order valence-electron chi connectivity index (χ0n) is 17.8. The highest BCUT2D eigenvalue weighted by atomic mass is 32.1. The molecule has 0 spiro atoms. The van der Waals surface area contributed by atoms with Gasteiger partial charge < -0.3 is 15.0 Å². The second-order valence-electron chi connectivity index (χ2n) is 8.06. The van der Waals surface area contributed by atoms with Gasteiger partial charge in [-0.3, -0.25) is 9.69 Å². The molecule has 1 atom stereocenters. The molecule has 0 radical (unpaired) electrons. The highest BCUT2D eigenvalue weighted by Crippen LogP contribution is 2.34. The van der Waals surface area contributed by atoms with Gasteiger partial charge in [0.05, 0.1) is 18.2 Å². The van der Waals surface area contributed by atoms with Gasteiger partial charge >= 0.3 is 12.1 Å². The molecule has 1 amide bonds. The number of aliphatic carboxylic acids is 1. The third kappa shape index (κ3) is 7.06. The third-order valence-electron chi connectivity index (χ3n) is 5.45. The van der Waals surface area contributed by atoms with Crippen molar-refractivity contribution in [2.75, 3.05) is 19.6 Å². The van der Waals surface area contributed by atoms with E-state index in [1.807, 2.05) is 6.07 Å². The van der Waals surface area contributed by atoms with Crippen LogP contribution in [-0.4, -0.2) is 57.2 Å². The molecule has 0 bridgehead atoms. The minimum Gasteiger partial charge on any atom is -0.475 e. The van der Waals surface area contributed by atoms with Gasteiger partial charge in [0.1, 0.15) is 5.82 Å². The molecule has 1 unspecified atom stereocenters. The fourth-order valence-corrected chi connectivity index (χ4v) is 4.27. The van der Waals surface area contributed by atoms with E-state index >= 15 is 0 Å². The summed E-state index contributed by atoms with van der Waals surface area (Å²) in [6.07, 6.45) is 1.03. The van der Waals surface area contributed by atoms with Crippen molar-refractivity contribution in [3.8, 4) is 0 Å². The molecule has 1 aliphatic heterocycles. The number of carbonyl (C=O) groups is 2. The number of nitrogens with zero attached hydrogens (tertiary/aromatic N) is 3. The maximum atomic E-state index is 12.2. The monoisotopic (exact) mass is 472 g/mol. The van der Waals surface area contributed by atoms with E-state index in [1.165, 1.54) is 24.3 Å². The van der Waals surface area contributed by atoms with Gasteiger partial charge in [-0.2, -0.15) is 13.2 Å². The smallest absolute Gasteiger partial charge is 0.475 e. The molecule has 2 aromatic rings. The predicted molar refractivity (Wildman–Crippen MR) is 113 cm³/mol. The van der Waals surface area contributed by atoms with Gasteiger partial charge in [0.15, 0.2) is 0 Å². The minimum absolute atomic E-state index is 0.0643. The quantitative estimate of drug-likeness (QED) is 0.646. The van der Waals surface area contributed by atoms with Crippen LogP contribution in [0, 0.1) is 5.92 Å². The first kappa shape index (κ1) is 24.2. The first-order valence-corrected chi connectivity index (χ1v) is 11.4. The maximum absolute atomic E-state index is 12.2. The van der Waals surface area contributed by atoms with Crippen LogP contribution in [0.2, 0.25) is 0 Å². The standard InChI is InChI=1S/C19H26N4OS.C2HF3O2/c1-14-19-21-16(11-18(24)20-7-6-17-3-2-10-25-17)13-23(19)9-8-22(14)12-15-4-5-15;3-2(4,5)1(6)7/h2-3,10,13-15H,4-9,11-12H2,1H3,(H,20,24);(H,6,7). The molecule has 7 nitrogen and oxygen atoms in total. The number of carbonyl (C=O) groups excluding carboxylic acids is 1. The first-order valence-electron chi connectivity index (χ1n) is 10.5. The highest BCUT2D eigenvalue weighted by molar-refractivity contribution is 7.09. The van der Waals surface area contributed by atoms with Gasteiger partial charge in [0, 0.05) is 37.3 Å². The predicted octanol–water partition coefficient (Wildman–Crippen LogP) is 3.27. The Morgan fingerprint density at radius 2 is 2.03 bits per heavy atom. The molecule has 176 valence electrons. The van der Waals surface area contributed by atoms with E-state index in [4.69, 9.17) is 14.9 Å². The van der Waals surface area contributed by atoms with E-state index in [-0.39, 0.29) is 5.91 Å². The molecule has 3 heterocycles. The molecule has 2 N–H and O–H groups in total. The van der Waals surface area contributed by atoms with Gasteiger partial charge in [-0.05, 0) is 43.6 Å². The SMILES string of the molecule is CC1c2nc(CC(=O)NCCc3cccs3)cn2CCN1CC1CC1.O=C(O)C(F)(F)F. The molecular weight excluding hydrogens is 445 g/mol. The molecule has 32 heavy (non-hydrogen) atoms. The summed E-state index contributed by atoms with van der Waals surface area (Å²) < 4.78 is 34.0. The van der Waals surface area contributed by atoms with Crippen molar-refractivity contribution in [3.63, 3.8) is 0 Å². The van der Waals surface area contributed by atoms with E-state index in [0.717, 1.165) is 36.9 Å². The number of fused-ring (bicyclic) bond motifs is 1. The van der Waals surface area contributed by atoms with Crippen LogP contribution < -0.4 is 5.32 Å². The largest absolute Gasteiger partial charge is 0.490 e. The van der Waals surface area contributed by atoms with Crippen LogP contribution in [-0.2, 0) is 29.0 Å². The number of alkyl halides is 3. The second-order valence-corrected chi connectivity index (χ2v) is 9.09. The van der Waals surface area contributed by atoms with E-state index in [1.54, 1.807) is 11.3 Å². The van der Waals surface area contributed by atoms with Crippen LogP contribution in [0.1, 0.15) is 42.2 Å². The number of halogens is 3. The Morgan fingerprint density at radius 3 is 2.62 bits per heavy atom. The first-order chi connectivity index (χ1) is 15.1. The summed E-state index contributed by atoms with van der Waals surface area (Å²) in [6.45, 7) is 6.21. The van der Waals surface area contributed by atoms with Crippen LogP contribution in [0.25, 0.3) is 0 Å². The number of hydrogen-bond acceptors (Lipinski definition) is 5. The van der Waals surface area contributed by atoms with Crippen molar-refractivity contribution in [3.05, 3.63) is 40.1 Å². The lowest BCUT2D eigenvalue weighted by atomic mass is 10.2. The molecule has 2 aliphatic rings. The van der Waals surface area contributed by atoms with Crippen LogP contribution in [0.5, 0.6) is 0 Å². The zero-order valence-corrected chi connectivity index (χ0v) is 18.6. The van der Waals surface area contributed by atoms with Crippen LogP contribution >= 0.6 is 11.3 Å². The van der Waals surface area contributed by atoms with Crippen LogP contribution in [0.3, 0.4) is 0 Å². The average Bonchev–Trinajstić information content (AvgIpc) is 3.20. The fraction of sp³-hybridized carbons (Fsp3) is 0.571. The molecule has 11 heteroatoms. The summed E-state index contributed by atoms with van der Waals surface area (Å²) in [5.41, 5.74) is 0.892. The molecule has 0 saturated heterocycles. The van der Waals surface area contributed by atoms with Gasteiger partial charge in [0.2, 0.25) is 5.91 Å². The maximum Gasteiger partial charge on any atom is 0.490 e. The normalized spacial score (nSPS) is 18.4. The summed E-state index contributed by atoms with van der Waals surface area (Å²) in [5.74, 6) is -0.673. The van der Waals surface area contributed by atoms with Crippen molar-refractivity contribution >= 4 is 23.2 Å². The number of amides is 1. The summed E-state index contributed by atoms with van der Waals surface area (Å²) in [5, 5.41) is 12.2. The van der Waals surface area contributed by atoms with Crippen LogP contribution in [0.4, 0.5) is 13.2 Å². The third-order valence-corrected chi connectivity index (χ3v) is 6.39. The van der Waals surface area contributed by atoms with Gasteiger partial charge in [-0.25, -0.2) is 9.78 Å².